The van der Waals surface area contributed by atoms with E-state index in [1.165, 1.54) is 14.2 Å². The van der Waals surface area contributed by atoms with Crippen molar-refractivity contribution in [3.05, 3.63) is 90.3 Å². The first kappa shape index (κ1) is 43.2. The lowest BCUT2D eigenvalue weighted by molar-refractivity contribution is -0.140. The molecule has 0 unspecified atom stereocenters. The van der Waals surface area contributed by atoms with Gasteiger partial charge in [-0.2, -0.15) is 15.2 Å². The van der Waals surface area contributed by atoms with Crippen LogP contribution >= 0.6 is 43.5 Å². The first-order valence-corrected chi connectivity index (χ1v) is 18.5. The molecule has 2 atom stereocenters. The number of pyridine rings is 2. The van der Waals surface area contributed by atoms with E-state index < -0.39 is 24.1 Å². The number of carbonyl (C=O) groups is 2. The van der Waals surface area contributed by atoms with Crippen LogP contribution < -0.4 is 29.6 Å². The van der Waals surface area contributed by atoms with Crippen molar-refractivity contribution in [3.8, 4) is 40.7 Å². The topological polar surface area (TPSA) is 226 Å². The van der Waals surface area contributed by atoms with Crippen LogP contribution in [0.3, 0.4) is 0 Å². The number of carboxylic acid groups (broad SMARTS) is 2. The van der Waals surface area contributed by atoms with Crippen LogP contribution in [0.15, 0.2) is 57.5 Å². The summed E-state index contributed by atoms with van der Waals surface area (Å²) >= 11 is 13.9. The summed E-state index contributed by atoms with van der Waals surface area (Å²) < 4.78 is 24.0. The fourth-order valence-corrected chi connectivity index (χ4v) is 6.60. The second-order valence-electron chi connectivity index (χ2n) is 12.0. The lowest BCUT2D eigenvalue weighted by Crippen LogP contribution is -2.28. The lowest BCUT2D eigenvalue weighted by Gasteiger charge is -2.16. The minimum Gasteiger partial charge on any atom is -0.481 e. The van der Waals surface area contributed by atoms with E-state index in [0.29, 0.717) is 52.9 Å². The first-order valence-electron chi connectivity index (χ1n) is 16.6. The van der Waals surface area contributed by atoms with Crippen LogP contribution in [0.25, 0.3) is 11.1 Å². The molecule has 4 aromatic rings. The molecule has 0 aliphatic rings. The predicted octanol–water partition coefficient (Wildman–Crippen LogP) is 5.22. The van der Waals surface area contributed by atoms with Gasteiger partial charge in [0, 0.05) is 59.6 Å². The molecule has 6 N–H and O–H groups in total. The number of aliphatic hydroxyl groups excluding tert-OH is 2. The van der Waals surface area contributed by atoms with Gasteiger partial charge >= 0.3 is 11.9 Å². The van der Waals surface area contributed by atoms with Gasteiger partial charge in [0.05, 0.1) is 58.8 Å². The number of halogens is 3. The number of rotatable bonds is 21. The number of hydrogen-bond donors (Lipinski definition) is 6. The smallest absolute Gasteiger partial charge is 0.306 e. The number of benzene rings is 2. The number of methoxy groups -OCH3 is 2. The highest BCUT2D eigenvalue weighted by atomic mass is 79.9. The van der Waals surface area contributed by atoms with Gasteiger partial charge in [0.15, 0.2) is 0 Å². The number of nitrogens with zero attached hydrogens (tertiary/aromatic N) is 3. The maximum Gasteiger partial charge on any atom is 0.306 e. The highest BCUT2D eigenvalue weighted by Gasteiger charge is 2.19. The highest BCUT2D eigenvalue weighted by Crippen LogP contribution is 2.36. The number of aliphatic carboxylic acids is 2. The van der Waals surface area contributed by atoms with Crippen LogP contribution in [0.5, 0.6) is 23.5 Å². The molecule has 0 saturated carbocycles. The van der Waals surface area contributed by atoms with Crippen LogP contribution in [-0.4, -0.2) is 81.8 Å². The molecule has 0 fully saturated rings. The summed E-state index contributed by atoms with van der Waals surface area (Å²) in [5, 5.41) is 54.0. The number of carboxylic acids is 2. The van der Waals surface area contributed by atoms with Gasteiger partial charge < -0.3 is 50.0 Å². The molecule has 2 heterocycles. The molecule has 2 aromatic carbocycles. The molecule has 0 aliphatic carbocycles. The van der Waals surface area contributed by atoms with Crippen LogP contribution in [-0.2, 0) is 35.9 Å². The largest absolute Gasteiger partial charge is 0.481 e. The van der Waals surface area contributed by atoms with Crippen molar-refractivity contribution in [2.24, 2.45) is 0 Å². The van der Waals surface area contributed by atoms with Crippen LogP contribution in [0.2, 0.25) is 5.02 Å². The third-order valence-electron chi connectivity index (χ3n) is 7.92. The molecule has 0 aliphatic heterocycles. The summed E-state index contributed by atoms with van der Waals surface area (Å²) in [6.45, 7) is 0.635. The van der Waals surface area contributed by atoms with Crippen molar-refractivity contribution in [1.29, 1.82) is 5.26 Å². The zero-order valence-corrected chi connectivity index (χ0v) is 33.6. The molecule has 15 nitrogen and oxygen atoms in total. The Bertz CT molecular complexity index is 2030. The number of nitriles is 1. The van der Waals surface area contributed by atoms with Gasteiger partial charge in [-0.25, -0.2) is 0 Å². The quantitative estimate of drug-likeness (QED) is 0.0631. The minimum absolute atomic E-state index is 0.0130. The summed E-state index contributed by atoms with van der Waals surface area (Å²) in [7, 11) is 2.91. The first-order chi connectivity index (χ1) is 26.3. The number of ether oxygens (including phenoxy) is 4. The molecule has 0 amide bonds. The molecular weight excluding hydrogens is 870 g/mol. The molecule has 0 spiro atoms. The SMILES string of the molecule is COc1nc(OCc2cccc(-c3cccc(COc4nc(OC)c(CNC[C@@H](O)CC(=O)O)cc4Br)c3C#N)c2Cl)c(Br)cc1CNC[C@@H](O)CC(=O)O. The molecule has 2 aromatic heterocycles. The van der Waals surface area contributed by atoms with Gasteiger partial charge in [0.25, 0.3) is 0 Å². The highest BCUT2D eigenvalue weighted by molar-refractivity contribution is 9.10. The zero-order valence-electron chi connectivity index (χ0n) is 29.6. The average Bonchev–Trinajstić information content (AvgIpc) is 3.13. The van der Waals surface area contributed by atoms with Crippen molar-refractivity contribution < 1.29 is 49.0 Å². The number of nitrogens with one attached hydrogen (secondary N) is 2. The van der Waals surface area contributed by atoms with Crippen molar-refractivity contribution >= 4 is 55.4 Å². The van der Waals surface area contributed by atoms with Gasteiger partial charge in [-0.15, -0.1) is 0 Å². The van der Waals surface area contributed by atoms with Crippen molar-refractivity contribution in [2.45, 2.75) is 51.4 Å². The monoisotopic (exact) mass is 905 g/mol. The lowest BCUT2D eigenvalue weighted by atomic mass is 9.95. The Morgan fingerprint density at radius 3 is 1.67 bits per heavy atom. The summed E-state index contributed by atoms with van der Waals surface area (Å²) in [6, 6.07) is 16.5. The van der Waals surface area contributed by atoms with Crippen molar-refractivity contribution in [1.82, 2.24) is 20.6 Å². The van der Waals surface area contributed by atoms with Gasteiger partial charge in [0.2, 0.25) is 23.5 Å². The molecule has 0 bridgehead atoms. The molecule has 292 valence electrons. The van der Waals surface area contributed by atoms with Crippen LogP contribution in [0.1, 0.15) is 40.7 Å². The molecular formula is C37H38Br2ClN5O10. The minimum atomic E-state index is -1.10. The second kappa shape index (κ2) is 20.9. The van der Waals surface area contributed by atoms with E-state index in [1.54, 1.807) is 48.5 Å². The third kappa shape index (κ3) is 12.2. The number of aromatic nitrogens is 2. The van der Waals surface area contributed by atoms with E-state index in [2.05, 4.69) is 58.5 Å². The predicted molar refractivity (Wildman–Crippen MR) is 207 cm³/mol. The number of aliphatic hydroxyl groups is 2. The standard InChI is InChI=1S/C37H38Br2ClN5O10/c1-52-34-22(14-42-16-24(46)11-31(48)49)9-29(38)36(44-34)54-18-20-5-3-7-26(28(20)13-41)27-8-4-6-21(33(27)40)19-55-37-30(39)10-23(35(45-37)53-2)15-43-17-25(47)12-32(50)51/h3-10,24-25,42-43,46-47H,11-12,14-19H2,1-2H3,(H,48,49)(H,50,51)/t24-,25-/m0/s1. The van der Waals surface area contributed by atoms with E-state index >= 15 is 0 Å². The zero-order chi connectivity index (χ0) is 40.1. The van der Waals surface area contributed by atoms with Crippen molar-refractivity contribution in [2.75, 3.05) is 27.3 Å². The Labute approximate surface area is 338 Å². The summed E-state index contributed by atoms with van der Waals surface area (Å²) in [4.78, 5) is 30.5. The number of hydrogen-bond acceptors (Lipinski definition) is 13. The maximum absolute atomic E-state index is 10.8. The Balaban J connectivity index is 1.47. The van der Waals surface area contributed by atoms with E-state index in [4.69, 9.17) is 40.8 Å². The molecule has 55 heavy (non-hydrogen) atoms. The summed E-state index contributed by atoms with van der Waals surface area (Å²) in [5.41, 5.74) is 4.03. The Morgan fingerprint density at radius 1 is 0.764 bits per heavy atom. The Hall–Kier alpha value is -4.54. The second-order valence-corrected chi connectivity index (χ2v) is 14.0. The van der Waals surface area contributed by atoms with E-state index in [-0.39, 0.29) is 75.8 Å². The average molecular weight is 908 g/mol. The normalized spacial score (nSPS) is 12.0. The fourth-order valence-electron chi connectivity index (χ4n) is 5.36. The van der Waals surface area contributed by atoms with E-state index in [9.17, 15) is 25.1 Å². The molecule has 4 rings (SSSR count). The summed E-state index contributed by atoms with van der Waals surface area (Å²) in [5.74, 6) is -1.20. The molecule has 18 heteroatoms. The fraction of sp³-hybridized carbons (Fsp3) is 0.324. The van der Waals surface area contributed by atoms with Crippen LogP contribution in [0.4, 0.5) is 0 Å². The van der Waals surface area contributed by atoms with Crippen molar-refractivity contribution in [3.63, 3.8) is 0 Å². The molecule has 0 radical (unpaired) electrons. The van der Waals surface area contributed by atoms with Crippen LogP contribution in [0, 0.1) is 11.3 Å². The Morgan fingerprint density at radius 2 is 1.22 bits per heavy atom. The van der Waals surface area contributed by atoms with Gasteiger partial charge in [-0.05, 0) is 44.0 Å². The van der Waals surface area contributed by atoms with E-state index in [0.717, 1.165) is 0 Å². The van der Waals surface area contributed by atoms with Gasteiger partial charge in [-0.1, -0.05) is 48.0 Å². The van der Waals surface area contributed by atoms with E-state index in [1.807, 2.05) is 0 Å². The Kier molecular flexibility index (Phi) is 16.5. The molecule has 0 saturated heterocycles. The summed E-state index contributed by atoms with van der Waals surface area (Å²) in [6.07, 6.45) is -2.86. The maximum atomic E-state index is 10.8. The van der Waals surface area contributed by atoms with Gasteiger partial charge in [0.1, 0.15) is 19.3 Å². The van der Waals surface area contributed by atoms with Gasteiger partial charge in [-0.3, -0.25) is 9.59 Å². The third-order valence-corrected chi connectivity index (χ3v) is 9.51.